The van der Waals surface area contributed by atoms with Crippen LogP contribution in [0.3, 0.4) is 0 Å². The van der Waals surface area contributed by atoms with Crippen LogP contribution in [0.25, 0.3) is 0 Å². The van der Waals surface area contributed by atoms with E-state index in [-0.39, 0.29) is 0 Å². The van der Waals surface area contributed by atoms with E-state index in [2.05, 4.69) is 25.8 Å². The quantitative estimate of drug-likeness (QED) is 0.732. The Morgan fingerprint density at radius 3 is 2.79 bits per heavy atom. The van der Waals surface area contributed by atoms with Crippen molar-refractivity contribution in [3.63, 3.8) is 0 Å². The Balaban J connectivity index is 2.12. The van der Waals surface area contributed by atoms with Gasteiger partial charge in [-0.2, -0.15) is 0 Å². The Hall–Kier alpha value is -0.280. The predicted molar refractivity (Wildman–Crippen MR) is 63.0 cm³/mol. The first-order valence-corrected chi connectivity index (χ1v) is 6.00. The van der Waals surface area contributed by atoms with Crippen molar-refractivity contribution in [1.29, 1.82) is 0 Å². The summed E-state index contributed by atoms with van der Waals surface area (Å²) < 4.78 is 1.06. The third kappa shape index (κ3) is 2.20. The molecule has 1 aromatic heterocycles. The second-order valence-corrected chi connectivity index (χ2v) is 4.94. The van der Waals surface area contributed by atoms with E-state index in [1.54, 1.807) is 0 Å². The highest BCUT2D eigenvalue weighted by molar-refractivity contribution is 9.10. The number of nitrogens with zero attached hydrogens (tertiary/aromatic N) is 2. The highest BCUT2D eigenvalue weighted by Crippen LogP contribution is 2.26. The summed E-state index contributed by atoms with van der Waals surface area (Å²) in [5.74, 6) is 1.04. The molecule has 76 valence electrons. The van der Waals surface area contributed by atoms with Crippen LogP contribution in [-0.4, -0.2) is 23.5 Å². The molecule has 0 bridgehead atoms. The van der Waals surface area contributed by atoms with E-state index >= 15 is 0 Å². The maximum Gasteiger partial charge on any atom is 0.142 e. The van der Waals surface area contributed by atoms with Gasteiger partial charge >= 0.3 is 0 Å². The van der Waals surface area contributed by atoms with Crippen molar-refractivity contribution in [1.82, 2.24) is 4.98 Å². The van der Waals surface area contributed by atoms with Crippen molar-refractivity contribution < 1.29 is 0 Å². The van der Waals surface area contributed by atoms with Crippen LogP contribution >= 0.6 is 27.5 Å². The van der Waals surface area contributed by atoms with Crippen molar-refractivity contribution in [3.05, 3.63) is 22.8 Å². The molecular weight excluding hydrogens is 263 g/mol. The Kier molecular flexibility index (Phi) is 3.29. The first-order valence-electron chi connectivity index (χ1n) is 4.77. The van der Waals surface area contributed by atoms with Crippen molar-refractivity contribution in [3.8, 4) is 0 Å². The number of hydrogen-bond acceptors (Lipinski definition) is 2. The summed E-state index contributed by atoms with van der Waals surface area (Å²) >= 11 is 9.56. The number of anilines is 1. The van der Waals surface area contributed by atoms with Crippen molar-refractivity contribution in [2.24, 2.45) is 0 Å². The van der Waals surface area contributed by atoms with Crippen LogP contribution in [0, 0.1) is 0 Å². The van der Waals surface area contributed by atoms with Gasteiger partial charge in [0.05, 0.1) is 4.47 Å². The topological polar surface area (TPSA) is 16.1 Å². The zero-order valence-corrected chi connectivity index (χ0v) is 10.1. The average Bonchev–Trinajstić information content (AvgIpc) is 2.20. The van der Waals surface area contributed by atoms with E-state index in [9.17, 15) is 0 Å². The van der Waals surface area contributed by atoms with E-state index in [1.807, 2.05) is 18.3 Å². The van der Waals surface area contributed by atoms with Crippen LogP contribution in [0.4, 0.5) is 5.82 Å². The Morgan fingerprint density at radius 1 is 1.43 bits per heavy atom. The fraction of sp³-hybridized carbons (Fsp3) is 0.500. The van der Waals surface area contributed by atoms with Gasteiger partial charge in [-0.15, -0.1) is 11.6 Å². The summed E-state index contributed by atoms with van der Waals surface area (Å²) in [6.45, 7) is 2.01. The number of alkyl halides is 1. The molecule has 14 heavy (non-hydrogen) atoms. The van der Waals surface area contributed by atoms with Crippen molar-refractivity contribution in [2.75, 3.05) is 18.0 Å². The average molecular weight is 276 g/mol. The second kappa shape index (κ2) is 4.49. The molecule has 2 rings (SSSR count). The Bertz CT molecular complexity index is 311. The molecule has 0 amide bonds. The standard InChI is InChI=1S/C10H12BrClN2/c11-9-2-1-5-13-10(9)14-6-3-8(12)4-7-14/h1-2,5,8H,3-4,6-7H2. The lowest BCUT2D eigenvalue weighted by molar-refractivity contribution is 0.580. The lowest BCUT2D eigenvalue weighted by Gasteiger charge is -2.30. The molecule has 0 spiro atoms. The van der Waals surface area contributed by atoms with Gasteiger partial charge in [0.15, 0.2) is 0 Å². The second-order valence-electron chi connectivity index (χ2n) is 3.47. The third-order valence-electron chi connectivity index (χ3n) is 2.46. The summed E-state index contributed by atoms with van der Waals surface area (Å²) in [4.78, 5) is 6.64. The van der Waals surface area contributed by atoms with Gasteiger partial charge in [-0.05, 0) is 40.9 Å². The minimum absolute atomic E-state index is 0.341. The zero-order chi connectivity index (χ0) is 9.97. The van der Waals surface area contributed by atoms with E-state index in [4.69, 9.17) is 11.6 Å². The molecule has 0 aliphatic carbocycles. The van der Waals surface area contributed by atoms with Crippen molar-refractivity contribution in [2.45, 2.75) is 18.2 Å². The Labute approximate surface area is 97.4 Å². The van der Waals surface area contributed by atoms with Crippen LogP contribution in [0.5, 0.6) is 0 Å². The normalized spacial score (nSPS) is 18.6. The van der Waals surface area contributed by atoms with Gasteiger partial charge in [-0.3, -0.25) is 0 Å². The minimum Gasteiger partial charge on any atom is -0.356 e. The summed E-state index contributed by atoms with van der Waals surface area (Å²) in [5, 5.41) is 0.341. The molecule has 4 heteroatoms. The Morgan fingerprint density at radius 2 is 2.14 bits per heavy atom. The van der Waals surface area contributed by atoms with E-state index in [1.165, 1.54) is 0 Å². The molecule has 0 unspecified atom stereocenters. The van der Waals surface area contributed by atoms with Crippen LogP contribution < -0.4 is 4.90 Å². The maximum absolute atomic E-state index is 6.05. The van der Waals surface area contributed by atoms with E-state index < -0.39 is 0 Å². The number of pyridine rings is 1. The highest BCUT2D eigenvalue weighted by atomic mass is 79.9. The van der Waals surface area contributed by atoms with Gasteiger partial charge in [0, 0.05) is 24.7 Å². The monoisotopic (exact) mass is 274 g/mol. The number of halogens is 2. The third-order valence-corrected chi connectivity index (χ3v) is 3.52. The molecule has 0 aromatic carbocycles. The summed E-state index contributed by atoms with van der Waals surface area (Å²) in [6, 6.07) is 3.96. The molecule has 1 saturated heterocycles. The number of hydrogen-bond donors (Lipinski definition) is 0. The van der Waals surface area contributed by atoms with Gasteiger partial charge < -0.3 is 4.90 Å². The minimum atomic E-state index is 0.341. The van der Waals surface area contributed by atoms with Crippen LogP contribution in [-0.2, 0) is 0 Å². The first kappa shape index (κ1) is 10.2. The SMILES string of the molecule is ClC1CCN(c2ncccc2Br)CC1. The maximum atomic E-state index is 6.05. The fourth-order valence-corrected chi connectivity index (χ4v) is 2.37. The van der Waals surface area contributed by atoms with Gasteiger partial charge in [0.25, 0.3) is 0 Å². The fourth-order valence-electron chi connectivity index (χ4n) is 1.67. The van der Waals surface area contributed by atoms with Gasteiger partial charge in [0.2, 0.25) is 0 Å². The molecule has 0 radical (unpaired) electrons. The van der Waals surface area contributed by atoms with E-state index in [0.717, 1.165) is 36.2 Å². The predicted octanol–water partition coefficient (Wildman–Crippen LogP) is 3.05. The number of rotatable bonds is 1. The molecule has 0 atom stereocenters. The molecule has 1 fully saturated rings. The first-order chi connectivity index (χ1) is 6.77. The van der Waals surface area contributed by atoms with Gasteiger partial charge in [0.1, 0.15) is 5.82 Å². The molecule has 0 saturated carbocycles. The van der Waals surface area contributed by atoms with Crippen LogP contribution in [0.2, 0.25) is 0 Å². The number of piperidine rings is 1. The lowest BCUT2D eigenvalue weighted by atomic mass is 10.1. The number of aromatic nitrogens is 1. The zero-order valence-electron chi connectivity index (χ0n) is 7.79. The molecule has 2 heterocycles. The summed E-state index contributed by atoms with van der Waals surface area (Å²) in [5.41, 5.74) is 0. The smallest absolute Gasteiger partial charge is 0.142 e. The molecule has 0 N–H and O–H groups in total. The van der Waals surface area contributed by atoms with Gasteiger partial charge in [-0.25, -0.2) is 4.98 Å². The highest BCUT2D eigenvalue weighted by Gasteiger charge is 2.19. The molecule has 1 aliphatic rings. The van der Waals surface area contributed by atoms with E-state index in [0.29, 0.717) is 5.38 Å². The molecule has 1 aliphatic heterocycles. The summed E-state index contributed by atoms with van der Waals surface area (Å²) in [6.07, 6.45) is 3.92. The summed E-state index contributed by atoms with van der Waals surface area (Å²) in [7, 11) is 0. The lowest BCUT2D eigenvalue weighted by Crippen LogP contribution is -2.34. The van der Waals surface area contributed by atoms with Crippen LogP contribution in [0.15, 0.2) is 22.8 Å². The molecule has 2 nitrogen and oxygen atoms in total. The molecule has 1 aromatic rings. The molecular formula is C10H12BrClN2. The van der Waals surface area contributed by atoms with Crippen LogP contribution in [0.1, 0.15) is 12.8 Å². The van der Waals surface area contributed by atoms with Gasteiger partial charge in [-0.1, -0.05) is 0 Å². The largest absolute Gasteiger partial charge is 0.356 e. The van der Waals surface area contributed by atoms with Crippen molar-refractivity contribution >= 4 is 33.3 Å².